The predicted molar refractivity (Wildman–Crippen MR) is 93.5 cm³/mol. The van der Waals surface area contributed by atoms with Gasteiger partial charge in [-0.2, -0.15) is 0 Å². The topological polar surface area (TPSA) is 75.4 Å². The Morgan fingerprint density at radius 3 is 2.50 bits per heavy atom. The fourth-order valence-corrected chi connectivity index (χ4v) is 2.80. The van der Waals surface area contributed by atoms with Gasteiger partial charge in [-0.15, -0.1) is 23.7 Å². The minimum Gasteiger partial charge on any atom is -0.346 e. The van der Waals surface area contributed by atoms with Crippen molar-refractivity contribution in [2.75, 3.05) is 13.1 Å². The van der Waals surface area contributed by atoms with E-state index < -0.39 is 6.04 Å². The van der Waals surface area contributed by atoms with Gasteiger partial charge < -0.3 is 16.0 Å². The molecular formula is C14H23Cl2N3O2S. The van der Waals surface area contributed by atoms with Crippen molar-refractivity contribution >= 4 is 47.2 Å². The number of thiophene rings is 1. The number of nitrogens with zero attached hydrogens (tertiary/aromatic N) is 1. The van der Waals surface area contributed by atoms with E-state index in [2.05, 4.69) is 5.32 Å². The van der Waals surface area contributed by atoms with E-state index in [0.29, 0.717) is 17.4 Å². The molecule has 22 heavy (non-hydrogen) atoms. The van der Waals surface area contributed by atoms with Crippen molar-refractivity contribution in [3.05, 3.63) is 21.3 Å². The van der Waals surface area contributed by atoms with Crippen LogP contribution in [0.4, 0.5) is 0 Å². The smallest absolute Gasteiger partial charge is 0.242 e. The Kier molecular flexibility index (Phi) is 9.67. The number of nitrogens with two attached hydrogens (primary N) is 1. The maximum Gasteiger partial charge on any atom is 0.242 e. The molecule has 5 nitrogen and oxygen atoms in total. The zero-order valence-electron chi connectivity index (χ0n) is 13.0. The van der Waals surface area contributed by atoms with E-state index >= 15 is 0 Å². The number of carbonyl (C=O) groups excluding carboxylic acids is 2. The molecule has 0 aliphatic carbocycles. The molecule has 3 N–H and O–H groups in total. The molecule has 0 aliphatic heterocycles. The van der Waals surface area contributed by atoms with Gasteiger partial charge in [-0.1, -0.05) is 25.4 Å². The monoisotopic (exact) mass is 367 g/mol. The summed E-state index contributed by atoms with van der Waals surface area (Å²) in [7, 11) is 0. The lowest BCUT2D eigenvalue weighted by Gasteiger charge is -2.21. The van der Waals surface area contributed by atoms with Gasteiger partial charge in [-0.3, -0.25) is 9.59 Å². The first-order valence-corrected chi connectivity index (χ1v) is 8.09. The quantitative estimate of drug-likeness (QED) is 0.775. The molecule has 0 aromatic carbocycles. The molecule has 1 heterocycles. The third kappa shape index (κ3) is 6.52. The van der Waals surface area contributed by atoms with Gasteiger partial charge in [0.2, 0.25) is 11.8 Å². The first-order chi connectivity index (χ1) is 9.85. The molecule has 0 saturated carbocycles. The molecule has 0 fully saturated rings. The van der Waals surface area contributed by atoms with Gasteiger partial charge in [0.1, 0.15) is 0 Å². The van der Waals surface area contributed by atoms with Crippen LogP contribution < -0.4 is 11.1 Å². The highest BCUT2D eigenvalue weighted by Crippen LogP contribution is 2.22. The van der Waals surface area contributed by atoms with Crippen molar-refractivity contribution in [3.8, 4) is 0 Å². The van der Waals surface area contributed by atoms with Gasteiger partial charge in [-0.05, 0) is 25.0 Å². The highest BCUT2D eigenvalue weighted by molar-refractivity contribution is 7.16. The SMILES string of the molecule is CCN(Cc1ccc(Cl)s1)C(=O)CNC(=O)[C@@H](N)C(C)C.Cl. The standard InChI is InChI=1S/C14H22ClN3O2S.ClH/c1-4-18(8-10-5-6-11(15)21-10)12(19)7-17-14(20)13(16)9(2)3;/h5-6,9,13H,4,7-8,16H2,1-3H3,(H,17,20);1H/t13-;/m0./s1. The minimum atomic E-state index is -0.594. The second-order valence-corrected chi connectivity index (χ2v) is 6.90. The predicted octanol–water partition coefficient (Wildman–Crippen LogP) is 2.27. The Labute approximate surface area is 146 Å². The summed E-state index contributed by atoms with van der Waals surface area (Å²) >= 11 is 7.32. The van der Waals surface area contributed by atoms with E-state index in [1.165, 1.54) is 11.3 Å². The number of likely N-dealkylation sites (N-methyl/N-ethyl adjacent to an activating group) is 1. The lowest BCUT2D eigenvalue weighted by Crippen LogP contribution is -2.47. The summed E-state index contributed by atoms with van der Waals surface area (Å²) in [5.74, 6) is -0.393. The van der Waals surface area contributed by atoms with Crippen LogP contribution in [0, 0.1) is 5.92 Å². The van der Waals surface area contributed by atoms with Crippen LogP contribution in [0.3, 0.4) is 0 Å². The van der Waals surface area contributed by atoms with E-state index in [4.69, 9.17) is 17.3 Å². The summed E-state index contributed by atoms with van der Waals surface area (Å²) in [4.78, 5) is 26.5. The third-order valence-corrected chi connectivity index (χ3v) is 4.36. The van der Waals surface area contributed by atoms with E-state index in [1.54, 1.807) is 4.90 Å². The number of carbonyl (C=O) groups is 2. The van der Waals surface area contributed by atoms with E-state index in [1.807, 2.05) is 32.9 Å². The van der Waals surface area contributed by atoms with E-state index in [9.17, 15) is 9.59 Å². The number of nitrogens with one attached hydrogen (secondary N) is 1. The van der Waals surface area contributed by atoms with Gasteiger partial charge in [0, 0.05) is 11.4 Å². The van der Waals surface area contributed by atoms with E-state index in [-0.39, 0.29) is 36.7 Å². The molecule has 0 unspecified atom stereocenters. The van der Waals surface area contributed by atoms with Crippen molar-refractivity contribution in [1.82, 2.24) is 10.2 Å². The molecule has 8 heteroatoms. The molecule has 1 rings (SSSR count). The van der Waals surface area contributed by atoms with Gasteiger partial charge in [-0.25, -0.2) is 0 Å². The summed E-state index contributed by atoms with van der Waals surface area (Å²) in [5, 5.41) is 2.59. The Bertz CT molecular complexity index is 494. The van der Waals surface area contributed by atoms with Crippen LogP contribution in [0.5, 0.6) is 0 Å². The fraction of sp³-hybridized carbons (Fsp3) is 0.571. The Hall–Kier alpha value is -0.820. The molecule has 1 aromatic rings. The molecule has 0 radical (unpaired) electrons. The lowest BCUT2D eigenvalue weighted by molar-refractivity contribution is -0.133. The molecule has 2 amide bonds. The first-order valence-electron chi connectivity index (χ1n) is 6.90. The van der Waals surface area contributed by atoms with Crippen LogP contribution in [0.25, 0.3) is 0 Å². The van der Waals surface area contributed by atoms with E-state index in [0.717, 1.165) is 4.88 Å². The lowest BCUT2D eigenvalue weighted by atomic mass is 10.1. The average Bonchev–Trinajstić information content (AvgIpc) is 2.86. The highest BCUT2D eigenvalue weighted by Gasteiger charge is 2.19. The fourth-order valence-electron chi connectivity index (χ4n) is 1.70. The minimum absolute atomic E-state index is 0. The molecule has 0 aliphatic rings. The summed E-state index contributed by atoms with van der Waals surface area (Å²) in [6.45, 7) is 6.66. The highest BCUT2D eigenvalue weighted by atomic mass is 35.5. The maximum atomic E-state index is 12.1. The second-order valence-electron chi connectivity index (χ2n) is 5.10. The molecule has 0 spiro atoms. The second kappa shape index (κ2) is 10.0. The normalized spacial score (nSPS) is 11.7. The molecule has 0 saturated heterocycles. The summed E-state index contributed by atoms with van der Waals surface area (Å²) < 4.78 is 0.699. The molecule has 1 atom stereocenters. The van der Waals surface area contributed by atoms with Crippen LogP contribution in [-0.2, 0) is 16.1 Å². The molecule has 1 aromatic heterocycles. The number of rotatable bonds is 7. The zero-order valence-corrected chi connectivity index (χ0v) is 15.4. The van der Waals surface area contributed by atoms with Crippen molar-refractivity contribution in [1.29, 1.82) is 0 Å². The number of hydrogen-bond acceptors (Lipinski definition) is 4. The maximum absolute atomic E-state index is 12.1. The van der Waals surface area contributed by atoms with Crippen LogP contribution in [0.15, 0.2) is 12.1 Å². The van der Waals surface area contributed by atoms with Crippen LogP contribution in [0.1, 0.15) is 25.6 Å². The van der Waals surface area contributed by atoms with Gasteiger partial charge in [0.15, 0.2) is 0 Å². The third-order valence-electron chi connectivity index (χ3n) is 3.14. The van der Waals surface area contributed by atoms with Crippen molar-refractivity contribution < 1.29 is 9.59 Å². The number of hydrogen-bond donors (Lipinski definition) is 2. The van der Waals surface area contributed by atoms with Gasteiger partial charge in [0.25, 0.3) is 0 Å². The van der Waals surface area contributed by atoms with Crippen LogP contribution in [-0.4, -0.2) is 35.8 Å². The Balaban J connectivity index is 0.00000441. The van der Waals surface area contributed by atoms with Gasteiger partial charge >= 0.3 is 0 Å². The van der Waals surface area contributed by atoms with Crippen LogP contribution in [0.2, 0.25) is 4.34 Å². The molecular weight excluding hydrogens is 345 g/mol. The Morgan fingerprint density at radius 2 is 2.05 bits per heavy atom. The summed E-state index contributed by atoms with van der Waals surface area (Å²) in [5.41, 5.74) is 5.73. The molecule has 0 bridgehead atoms. The first kappa shape index (κ1) is 21.2. The average molecular weight is 368 g/mol. The molecule has 126 valence electrons. The Morgan fingerprint density at radius 1 is 1.41 bits per heavy atom. The van der Waals surface area contributed by atoms with Crippen molar-refractivity contribution in [2.45, 2.75) is 33.4 Å². The summed E-state index contributed by atoms with van der Waals surface area (Å²) in [6, 6.07) is 3.11. The van der Waals surface area contributed by atoms with Crippen molar-refractivity contribution in [3.63, 3.8) is 0 Å². The van der Waals surface area contributed by atoms with Gasteiger partial charge in [0.05, 0.1) is 23.5 Å². The largest absolute Gasteiger partial charge is 0.346 e. The number of halogens is 2. The number of amides is 2. The van der Waals surface area contributed by atoms with Crippen molar-refractivity contribution in [2.24, 2.45) is 11.7 Å². The zero-order chi connectivity index (χ0) is 16.0. The van der Waals surface area contributed by atoms with Crippen LogP contribution >= 0.6 is 35.3 Å². The summed E-state index contributed by atoms with van der Waals surface area (Å²) in [6.07, 6.45) is 0.